The van der Waals surface area contributed by atoms with Gasteiger partial charge in [0.15, 0.2) is 0 Å². The zero-order chi connectivity index (χ0) is 18.4. The summed E-state index contributed by atoms with van der Waals surface area (Å²) in [5.41, 5.74) is 1.40. The van der Waals surface area contributed by atoms with Crippen LogP contribution in [0, 0.1) is 0 Å². The molecular weight excluding hydrogens is 314 g/mol. The van der Waals surface area contributed by atoms with Crippen LogP contribution in [0.15, 0.2) is 43.0 Å². The highest BCUT2D eigenvalue weighted by atomic mass is 16.5. The van der Waals surface area contributed by atoms with Gasteiger partial charge in [-0.3, -0.25) is 4.79 Å². The smallest absolute Gasteiger partial charge is 0.243 e. The molecule has 5 nitrogen and oxygen atoms in total. The third-order valence-corrected chi connectivity index (χ3v) is 4.18. The lowest BCUT2D eigenvalue weighted by atomic mass is 9.87. The summed E-state index contributed by atoms with van der Waals surface area (Å²) in [5.74, 6) is 0.801. The minimum absolute atomic E-state index is 0.0142. The van der Waals surface area contributed by atoms with Crippen LogP contribution in [0.2, 0.25) is 0 Å². The number of nitrogens with one attached hydrogen (secondary N) is 1. The van der Waals surface area contributed by atoms with Crippen molar-refractivity contribution in [3.05, 3.63) is 48.5 Å². The van der Waals surface area contributed by atoms with Gasteiger partial charge in [0.05, 0.1) is 12.4 Å². The van der Waals surface area contributed by atoms with Crippen LogP contribution < -0.4 is 10.1 Å². The molecule has 136 valence electrons. The summed E-state index contributed by atoms with van der Waals surface area (Å²) in [6.07, 6.45) is 5.88. The first-order chi connectivity index (χ1) is 11.8. The van der Waals surface area contributed by atoms with E-state index in [-0.39, 0.29) is 23.4 Å². The first-order valence-corrected chi connectivity index (χ1v) is 8.82. The van der Waals surface area contributed by atoms with Gasteiger partial charge >= 0.3 is 0 Å². The van der Waals surface area contributed by atoms with Crippen LogP contribution in [0.1, 0.15) is 52.6 Å². The molecule has 0 aliphatic rings. The maximum atomic E-state index is 12.4. The van der Waals surface area contributed by atoms with Gasteiger partial charge in [0, 0.05) is 12.4 Å². The summed E-state index contributed by atoms with van der Waals surface area (Å²) in [6, 6.07) is 7.82. The molecule has 0 aliphatic heterocycles. The Hall–Kier alpha value is -2.30. The molecular formula is C20H29N3O2. The molecule has 0 spiro atoms. The topological polar surface area (TPSA) is 56.1 Å². The number of hydrogen-bond acceptors (Lipinski definition) is 3. The van der Waals surface area contributed by atoms with Gasteiger partial charge in [-0.1, -0.05) is 39.8 Å². The number of hydrogen-bond donors (Lipinski definition) is 1. The Morgan fingerprint density at radius 2 is 1.96 bits per heavy atom. The third-order valence-electron chi connectivity index (χ3n) is 4.18. The molecule has 1 aromatic carbocycles. The Bertz CT molecular complexity index is 657. The Kier molecular flexibility index (Phi) is 6.23. The van der Waals surface area contributed by atoms with Crippen LogP contribution in [0.3, 0.4) is 0 Å². The Labute approximate surface area is 150 Å². The van der Waals surface area contributed by atoms with E-state index in [9.17, 15) is 4.79 Å². The average Bonchev–Trinajstić information content (AvgIpc) is 3.07. The zero-order valence-corrected chi connectivity index (χ0v) is 15.8. The molecule has 25 heavy (non-hydrogen) atoms. The number of carbonyl (C=O) groups is 1. The fourth-order valence-corrected chi connectivity index (χ4v) is 2.64. The molecule has 2 atom stereocenters. The molecule has 2 aromatic rings. The maximum Gasteiger partial charge on any atom is 0.243 e. The molecule has 0 fully saturated rings. The molecule has 0 aliphatic carbocycles. The van der Waals surface area contributed by atoms with E-state index < -0.39 is 0 Å². The lowest BCUT2D eigenvalue weighted by Gasteiger charge is -2.21. The van der Waals surface area contributed by atoms with Gasteiger partial charge in [0.2, 0.25) is 5.91 Å². The van der Waals surface area contributed by atoms with E-state index in [0.717, 1.165) is 5.75 Å². The second-order valence-electron chi connectivity index (χ2n) is 7.43. The van der Waals surface area contributed by atoms with Crippen molar-refractivity contribution in [1.82, 2.24) is 14.9 Å². The van der Waals surface area contributed by atoms with Gasteiger partial charge < -0.3 is 14.6 Å². The minimum Gasteiger partial charge on any atom is -0.491 e. The van der Waals surface area contributed by atoms with E-state index in [1.165, 1.54) is 5.56 Å². The Morgan fingerprint density at radius 1 is 1.28 bits per heavy atom. The number of rotatable bonds is 7. The summed E-state index contributed by atoms with van der Waals surface area (Å²) in [4.78, 5) is 16.4. The van der Waals surface area contributed by atoms with E-state index in [0.29, 0.717) is 13.0 Å². The van der Waals surface area contributed by atoms with Crippen molar-refractivity contribution in [1.29, 1.82) is 0 Å². The number of amides is 1. The predicted octanol–water partition coefficient (Wildman–Crippen LogP) is 3.72. The SMILES string of the molecule is CCC(C(=O)NC(C)COc1ccc(C(C)(C)C)cc1)n1ccnc1. The van der Waals surface area contributed by atoms with E-state index in [4.69, 9.17) is 4.74 Å². The van der Waals surface area contributed by atoms with Gasteiger partial charge in [-0.15, -0.1) is 0 Å². The predicted molar refractivity (Wildman–Crippen MR) is 99.8 cm³/mol. The number of imidazole rings is 1. The normalized spacial score (nSPS) is 14.0. The summed E-state index contributed by atoms with van der Waals surface area (Å²) in [6.45, 7) is 10.9. The fourth-order valence-electron chi connectivity index (χ4n) is 2.64. The highest BCUT2D eigenvalue weighted by Gasteiger charge is 2.19. The Morgan fingerprint density at radius 3 is 2.48 bits per heavy atom. The molecule has 0 saturated heterocycles. The van der Waals surface area contributed by atoms with Crippen molar-refractivity contribution >= 4 is 5.91 Å². The van der Waals surface area contributed by atoms with E-state index in [1.54, 1.807) is 12.5 Å². The number of carbonyl (C=O) groups excluding carboxylic acids is 1. The highest BCUT2D eigenvalue weighted by Crippen LogP contribution is 2.24. The molecule has 1 aromatic heterocycles. The van der Waals surface area contributed by atoms with Crippen molar-refractivity contribution < 1.29 is 9.53 Å². The first kappa shape index (κ1) is 19.0. The summed E-state index contributed by atoms with van der Waals surface area (Å²) < 4.78 is 7.63. The largest absolute Gasteiger partial charge is 0.491 e. The van der Waals surface area contributed by atoms with Crippen molar-refractivity contribution in [2.24, 2.45) is 0 Å². The summed E-state index contributed by atoms with van der Waals surface area (Å²) in [5, 5.41) is 3.01. The van der Waals surface area contributed by atoms with Crippen molar-refractivity contribution in [2.75, 3.05) is 6.61 Å². The third kappa shape index (κ3) is 5.34. The van der Waals surface area contributed by atoms with Crippen molar-refractivity contribution in [2.45, 2.75) is 58.5 Å². The summed E-state index contributed by atoms with van der Waals surface area (Å²) in [7, 11) is 0. The fraction of sp³-hybridized carbons (Fsp3) is 0.500. The molecule has 1 heterocycles. The van der Waals surface area contributed by atoms with Gasteiger partial charge in [0.25, 0.3) is 0 Å². The van der Waals surface area contributed by atoms with Gasteiger partial charge in [-0.2, -0.15) is 0 Å². The van der Waals surface area contributed by atoms with Crippen LogP contribution in [0.25, 0.3) is 0 Å². The molecule has 5 heteroatoms. The summed E-state index contributed by atoms with van der Waals surface area (Å²) >= 11 is 0. The number of aromatic nitrogens is 2. The van der Waals surface area contributed by atoms with Gasteiger partial charge in [0.1, 0.15) is 18.4 Å². The van der Waals surface area contributed by atoms with Crippen LogP contribution in [0.5, 0.6) is 5.75 Å². The first-order valence-electron chi connectivity index (χ1n) is 8.82. The van der Waals surface area contributed by atoms with Crippen molar-refractivity contribution in [3.63, 3.8) is 0 Å². The average molecular weight is 343 g/mol. The standard InChI is InChI=1S/C20H29N3O2/c1-6-18(23-12-11-21-14-23)19(24)22-15(2)13-25-17-9-7-16(8-10-17)20(3,4)5/h7-12,14-15,18H,6,13H2,1-5H3,(H,22,24). The molecule has 2 rings (SSSR count). The zero-order valence-electron chi connectivity index (χ0n) is 15.8. The second kappa shape index (κ2) is 8.19. The highest BCUT2D eigenvalue weighted by molar-refractivity contribution is 5.80. The van der Waals surface area contributed by atoms with E-state index >= 15 is 0 Å². The molecule has 1 N–H and O–H groups in total. The van der Waals surface area contributed by atoms with Crippen LogP contribution in [-0.4, -0.2) is 28.1 Å². The number of ether oxygens (including phenoxy) is 1. The van der Waals surface area contributed by atoms with E-state index in [1.807, 2.05) is 36.7 Å². The second-order valence-corrected chi connectivity index (χ2v) is 7.43. The van der Waals surface area contributed by atoms with Gasteiger partial charge in [-0.05, 0) is 36.5 Å². The maximum absolute atomic E-state index is 12.4. The van der Waals surface area contributed by atoms with Crippen LogP contribution in [-0.2, 0) is 10.2 Å². The number of benzene rings is 1. The van der Waals surface area contributed by atoms with Crippen molar-refractivity contribution in [3.8, 4) is 5.75 Å². The Balaban J connectivity index is 1.85. The van der Waals surface area contributed by atoms with Crippen LogP contribution in [0.4, 0.5) is 0 Å². The van der Waals surface area contributed by atoms with Crippen LogP contribution >= 0.6 is 0 Å². The van der Waals surface area contributed by atoms with E-state index in [2.05, 4.69) is 43.2 Å². The lowest BCUT2D eigenvalue weighted by Crippen LogP contribution is -2.40. The number of nitrogens with zero attached hydrogens (tertiary/aromatic N) is 2. The quantitative estimate of drug-likeness (QED) is 0.834. The molecule has 0 bridgehead atoms. The molecule has 1 amide bonds. The lowest BCUT2D eigenvalue weighted by molar-refractivity contribution is -0.125. The molecule has 0 saturated carbocycles. The monoisotopic (exact) mass is 343 g/mol. The van der Waals surface area contributed by atoms with Gasteiger partial charge in [-0.25, -0.2) is 4.98 Å². The molecule has 2 unspecified atom stereocenters. The minimum atomic E-state index is -0.240. The molecule has 0 radical (unpaired) electrons.